The van der Waals surface area contributed by atoms with Crippen LogP contribution in [-0.2, 0) is 10.2 Å². The van der Waals surface area contributed by atoms with Crippen molar-refractivity contribution in [3.8, 4) is 11.5 Å². The molecule has 0 saturated heterocycles. The number of fused-ring (bicyclic) bond motifs is 1. The second-order valence-corrected chi connectivity index (χ2v) is 6.04. The van der Waals surface area contributed by atoms with Gasteiger partial charge in [-0.25, -0.2) is 13.8 Å². The molecule has 0 spiro atoms. The lowest BCUT2D eigenvalue weighted by Gasteiger charge is -2.22. The number of carbonyl (C=O) groups is 1. The number of rotatable bonds is 4. The summed E-state index contributed by atoms with van der Waals surface area (Å²) in [5.41, 5.74) is -0.645. The van der Waals surface area contributed by atoms with E-state index in [4.69, 9.17) is 4.74 Å². The lowest BCUT2D eigenvalue weighted by molar-refractivity contribution is -0.111. The molecule has 3 rings (SSSR count). The fraction of sp³-hybridized carbons (Fsp3) is 0.158. The molecule has 24 heavy (non-hydrogen) atoms. The highest BCUT2D eigenvalue weighted by molar-refractivity contribution is 5.80. The highest BCUT2D eigenvalue weighted by atomic mass is 19.1. The van der Waals surface area contributed by atoms with E-state index in [1.165, 1.54) is 24.4 Å². The number of hydrogen-bond donors (Lipinski definition) is 0. The maximum atomic E-state index is 14.2. The second-order valence-electron chi connectivity index (χ2n) is 6.04. The van der Waals surface area contributed by atoms with Crippen LogP contribution in [0.2, 0.25) is 0 Å². The van der Waals surface area contributed by atoms with E-state index in [0.29, 0.717) is 17.4 Å². The third kappa shape index (κ3) is 2.85. The van der Waals surface area contributed by atoms with Gasteiger partial charge < -0.3 is 9.53 Å². The molecular weight excluding hydrogens is 312 g/mol. The van der Waals surface area contributed by atoms with Gasteiger partial charge in [0.2, 0.25) is 0 Å². The molecule has 0 unspecified atom stereocenters. The Morgan fingerprint density at radius 1 is 1.08 bits per heavy atom. The smallest absolute Gasteiger partial charge is 0.149 e. The van der Waals surface area contributed by atoms with Gasteiger partial charge in [0.25, 0.3) is 0 Å². The van der Waals surface area contributed by atoms with Gasteiger partial charge in [-0.3, -0.25) is 0 Å². The van der Waals surface area contributed by atoms with E-state index in [9.17, 15) is 13.6 Å². The van der Waals surface area contributed by atoms with Crippen molar-refractivity contribution in [1.29, 1.82) is 0 Å². The Labute approximate surface area is 137 Å². The van der Waals surface area contributed by atoms with E-state index in [0.717, 1.165) is 0 Å². The number of aldehydes is 1. The number of ether oxygens (including phenoxy) is 1. The average Bonchev–Trinajstić information content (AvgIpc) is 2.55. The van der Waals surface area contributed by atoms with Crippen molar-refractivity contribution in [3.05, 3.63) is 65.9 Å². The molecule has 0 amide bonds. The number of pyridine rings is 1. The minimum absolute atomic E-state index is 0.166. The largest absolute Gasteiger partial charge is 0.455 e. The molecule has 0 radical (unpaired) electrons. The summed E-state index contributed by atoms with van der Waals surface area (Å²) in [6.45, 7) is 3.22. The van der Waals surface area contributed by atoms with E-state index >= 15 is 0 Å². The molecule has 0 atom stereocenters. The normalized spacial score (nSPS) is 11.5. The van der Waals surface area contributed by atoms with Gasteiger partial charge in [-0.1, -0.05) is 18.2 Å². The van der Waals surface area contributed by atoms with Crippen LogP contribution in [-0.4, -0.2) is 11.3 Å². The molecule has 0 fully saturated rings. The maximum Gasteiger partial charge on any atom is 0.149 e. The molecule has 0 aliphatic carbocycles. The first-order chi connectivity index (χ1) is 11.4. The monoisotopic (exact) mass is 327 g/mol. The highest BCUT2D eigenvalue weighted by Crippen LogP contribution is 2.35. The number of nitrogens with zero attached hydrogens (tertiary/aromatic N) is 1. The summed E-state index contributed by atoms with van der Waals surface area (Å²) in [6, 6.07) is 10.6. The Bertz CT molecular complexity index is 922. The fourth-order valence-corrected chi connectivity index (χ4v) is 2.56. The quantitative estimate of drug-likeness (QED) is 0.647. The molecule has 5 heteroatoms. The molecule has 122 valence electrons. The van der Waals surface area contributed by atoms with Crippen LogP contribution in [0.15, 0.2) is 48.7 Å². The van der Waals surface area contributed by atoms with Crippen LogP contribution in [0.3, 0.4) is 0 Å². The molecule has 3 nitrogen and oxygen atoms in total. The molecule has 1 heterocycles. The fourth-order valence-electron chi connectivity index (χ4n) is 2.56. The summed E-state index contributed by atoms with van der Waals surface area (Å²) < 4.78 is 33.7. The Morgan fingerprint density at radius 2 is 1.79 bits per heavy atom. The van der Waals surface area contributed by atoms with Crippen molar-refractivity contribution in [1.82, 2.24) is 4.98 Å². The van der Waals surface area contributed by atoms with Gasteiger partial charge in [-0.05, 0) is 38.1 Å². The molecule has 0 saturated carbocycles. The van der Waals surface area contributed by atoms with E-state index < -0.39 is 17.0 Å². The summed E-state index contributed by atoms with van der Waals surface area (Å²) >= 11 is 0. The predicted molar refractivity (Wildman–Crippen MR) is 87.3 cm³/mol. The molecule has 0 aliphatic rings. The molecule has 1 aromatic heterocycles. The van der Waals surface area contributed by atoms with Crippen LogP contribution in [0.5, 0.6) is 11.5 Å². The van der Waals surface area contributed by atoms with Gasteiger partial charge in [0, 0.05) is 10.9 Å². The number of benzene rings is 2. The topological polar surface area (TPSA) is 39.2 Å². The lowest BCUT2D eigenvalue weighted by atomic mass is 9.85. The number of aromatic nitrogens is 1. The second kappa shape index (κ2) is 6.00. The van der Waals surface area contributed by atoms with Crippen LogP contribution in [0.4, 0.5) is 8.78 Å². The van der Waals surface area contributed by atoms with Crippen molar-refractivity contribution in [2.24, 2.45) is 0 Å². The Balaban J connectivity index is 2.06. The zero-order valence-electron chi connectivity index (χ0n) is 13.2. The number of para-hydroxylation sites is 1. The van der Waals surface area contributed by atoms with Gasteiger partial charge in [0.1, 0.15) is 34.9 Å². The minimum Gasteiger partial charge on any atom is -0.455 e. The lowest BCUT2D eigenvalue weighted by Crippen LogP contribution is -2.21. The standard InChI is InChI=1S/C19H15F2NO2/c1-19(2,11-23)17-14(20)6-4-8-16(17)24-13-9-12-5-3-7-15(21)18(12)22-10-13/h3-11H,1-2H3. The predicted octanol–water partition coefficient (Wildman–Crippen LogP) is 4.78. The van der Waals surface area contributed by atoms with Crippen LogP contribution in [0, 0.1) is 11.6 Å². The summed E-state index contributed by atoms with van der Waals surface area (Å²) in [5.74, 6) is -0.386. The van der Waals surface area contributed by atoms with Crippen LogP contribution in [0.25, 0.3) is 10.9 Å². The van der Waals surface area contributed by atoms with Crippen molar-refractivity contribution in [3.63, 3.8) is 0 Å². The van der Waals surface area contributed by atoms with Gasteiger partial charge in [-0.2, -0.15) is 0 Å². The van der Waals surface area contributed by atoms with Gasteiger partial charge in [0.05, 0.1) is 11.6 Å². The zero-order chi connectivity index (χ0) is 17.3. The molecule has 0 N–H and O–H groups in total. The summed E-state index contributed by atoms with van der Waals surface area (Å²) in [4.78, 5) is 15.4. The molecule has 0 bridgehead atoms. The third-order valence-corrected chi connectivity index (χ3v) is 3.78. The van der Waals surface area contributed by atoms with Crippen LogP contribution < -0.4 is 4.74 Å². The highest BCUT2D eigenvalue weighted by Gasteiger charge is 2.28. The summed E-state index contributed by atoms with van der Waals surface area (Å²) in [5, 5.41) is 0.570. The first kappa shape index (κ1) is 16.1. The summed E-state index contributed by atoms with van der Waals surface area (Å²) in [7, 11) is 0. The van der Waals surface area contributed by atoms with Crippen LogP contribution in [0.1, 0.15) is 19.4 Å². The van der Waals surface area contributed by atoms with E-state index in [1.807, 2.05) is 0 Å². The Morgan fingerprint density at radius 3 is 2.54 bits per heavy atom. The van der Waals surface area contributed by atoms with Gasteiger partial charge >= 0.3 is 0 Å². The Hall–Kier alpha value is -2.82. The van der Waals surface area contributed by atoms with E-state index in [1.54, 1.807) is 38.1 Å². The zero-order valence-corrected chi connectivity index (χ0v) is 13.2. The van der Waals surface area contributed by atoms with Gasteiger partial charge in [0.15, 0.2) is 0 Å². The third-order valence-electron chi connectivity index (χ3n) is 3.78. The Kier molecular flexibility index (Phi) is 4.01. The minimum atomic E-state index is -1.04. The first-order valence-electron chi connectivity index (χ1n) is 7.40. The average molecular weight is 327 g/mol. The molecule has 0 aliphatic heterocycles. The van der Waals surface area contributed by atoms with Gasteiger partial charge in [-0.15, -0.1) is 0 Å². The molecule has 3 aromatic rings. The number of halogens is 2. The van der Waals surface area contributed by atoms with Crippen LogP contribution >= 0.6 is 0 Å². The van der Waals surface area contributed by atoms with Crippen molar-refractivity contribution < 1.29 is 18.3 Å². The van der Waals surface area contributed by atoms with E-state index in [-0.39, 0.29) is 16.8 Å². The number of hydrogen-bond acceptors (Lipinski definition) is 3. The van der Waals surface area contributed by atoms with Crippen molar-refractivity contribution in [2.75, 3.05) is 0 Å². The maximum absolute atomic E-state index is 14.2. The molecular formula is C19H15F2NO2. The first-order valence-corrected chi connectivity index (χ1v) is 7.40. The SMILES string of the molecule is CC(C)(C=O)c1c(F)cccc1Oc1cnc2c(F)cccc2c1. The summed E-state index contributed by atoms with van der Waals surface area (Å²) in [6.07, 6.45) is 2.04. The number of carbonyl (C=O) groups excluding carboxylic acids is 1. The van der Waals surface area contributed by atoms with Crippen molar-refractivity contribution in [2.45, 2.75) is 19.3 Å². The molecule has 2 aromatic carbocycles. The van der Waals surface area contributed by atoms with E-state index in [2.05, 4.69) is 4.98 Å². The van der Waals surface area contributed by atoms with Crippen molar-refractivity contribution >= 4 is 17.2 Å².